The Bertz CT molecular complexity index is 1350. The normalized spacial score (nSPS) is 47.7. The highest BCUT2D eigenvalue weighted by Crippen LogP contribution is 2.89. The number of carbonyl (C=O) groups excluding carboxylic acids is 1. The summed E-state index contributed by atoms with van der Waals surface area (Å²) in [4.78, 5) is 15.1. The van der Waals surface area contributed by atoms with Gasteiger partial charge in [-0.1, -0.05) is 69.2 Å². The smallest absolute Gasteiger partial charge is 0.410 e. The van der Waals surface area contributed by atoms with Gasteiger partial charge in [-0.15, -0.1) is 0 Å². The molecule has 5 aliphatic carbocycles. The number of nitrogens with zero attached hydrogens (tertiary/aromatic N) is 1. The van der Waals surface area contributed by atoms with Crippen molar-refractivity contribution in [3.63, 3.8) is 0 Å². The second kappa shape index (κ2) is 13.7. The fraction of sp³-hybridized carbons (Fsp3) is 0.978. The fourth-order valence-electron chi connectivity index (χ4n) is 15.5. The van der Waals surface area contributed by atoms with E-state index in [9.17, 15) is 4.79 Å². The van der Waals surface area contributed by atoms with E-state index >= 15 is 0 Å². The third-order valence-corrected chi connectivity index (χ3v) is 23.5. The van der Waals surface area contributed by atoms with Crippen LogP contribution >= 0.6 is 0 Å². The van der Waals surface area contributed by atoms with Gasteiger partial charge in [-0.3, -0.25) is 0 Å². The molecule has 0 radical (unpaired) electrons. The van der Waals surface area contributed by atoms with Crippen LogP contribution in [0.1, 0.15) is 146 Å². The van der Waals surface area contributed by atoms with Crippen LogP contribution in [-0.4, -0.2) is 75.8 Å². The van der Waals surface area contributed by atoms with Gasteiger partial charge >= 0.3 is 6.09 Å². The van der Waals surface area contributed by atoms with Crippen LogP contribution in [0.5, 0.6) is 0 Å². The summed E-state index contributed by atoms with van der Waals surface area (Å²) in [6.45, 7) is 27.1. The molecule has 8 rings (SSSR count). The SMILES string of the molecule is CC[Si](CC)(CC)O[C@H]1[C@H]2O[C@@H](C(OC(=O)N3CCC3)C(C)C)C[C@@H](C)[C@@H]2[C@@]2(C)CC[C@@]34CC35CCC(O[C@H]3CCCCO3)C(C)(C)[C@@H]5CC[C@H]4[C@]12C. The molecule has 2 spiro atoms. The molecule has 53 heavy (non-hydrogen) atoms. The molecule has 3 saturated heterocycles. The van der Waals surface area contributed by atoms with E-state index in [1.54, 1.807) is 0 Å². The van der Waals surface area contributed by atoms with Gasteiger partial charge in [0.25, 0.3) is 0 Å². The van der Waals surface area contributed by atoms with Gasteiger partial charge in [-0.05, 0) is 146 Å². The Morgan fingerprint density at radius 1 is 0.887 bits per heavy atom. The molecular formula is C45H77NO6Si. The number of likely N-dealkylation sites (tertiary alicyclic amines) is 1. The lowest BCUT2D eigenvalue weighted by atomic mass is 9.41. The first-order valence-corrected chi connectivity index (χ1v) is 25.3. The van der Waals surface area contributed by atoms with E-state index < -0.39 is 8.32 Å². The molecule has 8 aliphatic rings. The quantitative estimate of drug-likeness (QED) is 0.163. The summed E-state index contributed by atoms with van der Waals surface area (Å²) in [6.07, 6.45) is 14.5. The maximum absolute atomic E-state index is 13.3. The molecule has 5 saturated carbocycles. The Hall–Kier alpha value is -0.673. The minimum Gasteiger partial charge on any atom is -0.443 e. The zero-order valence-corrected chi connectivity index (χ0v) is 36.5. The molecule has 7 nitrogen and oxygen atoms in total. The molecule has 302 valence electrons. The number of rotatable bonds is 10. The summed E-state index contributed by atoms with van der Waals surface area (Å²) < 4.78 is 35.0. The van der Waals surface area contributed by atoms with Crippen LogP contribution in [0.3, 0.4) is 0 Å². The van der Waals surface area contributed by atoms with Gasteiger partial charge in [-0.25, -0.2) is 4.79 Å². The molecular weight excluding hydrogens is 679 g/mol. The van der Waals surface area contributed by atoms with Crippen molar-refractivity contribution >= 4 is 14.4 Å². The topological polar surface area (TPSA) is 66.5 Å². The third-order valence-electron chi connectivity index (χ3n) is 18.9. The second-order valence-corrected chi connectivity index (χ2v) is 26.0. The van der Waals surface area contributed by atoms with Crippen molar-refractivity contribution in [2.24, 2.45) is 56.7 Å². The minimum absolute atomic E-state index is 0.0129. The van der Waals surface area contributed by atoms with Crippen LogP contribution in [-0.2, 0) is 23.4 Å². The Morgan fingerprint density at radius 2 is 1.58 bits per heavy atom. The van der Waals surface area contributed by atoms with E-state index in [1.807, 2.05) is 4.90 Å². The minimum atomic E-state index is -2.00. The van der Waals surface area contributed by atoms with Gasteiger partial charge in [0.1, 0.15) is 6.10 Å². The molecule has 0 aromatic rings. The zero-order chi connectivity index (χ0) is 37.8. The number of carbonyl (C=O) groups is 1. The summed E-state index contributed by atoms with van der Waals surface area (Å²) in [6, 6.07) is 3.47. The molecule has 3 unspecified atom stereocenters. The van der Waals surface area contributed by atoms with Crippen molar-refractivity contribution < 1.29 is 28.2 Å². The van der Waals surface area contributed by atoms with Crippen molar-refractivity contribution in [3.05, 3.63) is 0 Å². The van der Waals surface area contributed by atoms with E-state index in [2.05, 4.69) is 69.2 Å². The first-order chi connectivity index (χ1) is 25.2. The Morgan fingerprint density at radius 3 is 2.21 bits per heavy atom. The van der Waals surface area contributed by atoms with E-state index in [-0.39, 0.29) is 65.1 Å². The molecule has 8 heteroatoms. The van der Waals surface area contributed by atoms with Crippen molar-refractivity contribution in [2.75, 3.05) is 19.7 Å². The Kier molecular flexibility index (Phi) is 10.1. The average Bonchev–Trinajstić information content (AvgIpc) is 3.73. The van der Waals surface area contributed by atoms with Crippen LogP contribution in [0, 0.1) is 56.7 Å². The highest BCUT2D eigenvalue weighted by molar-refractivity contribution is 6.73. The van der Waals surface area contributed by atoms with Gasteiger partial charge in [0.15, 0.2) is 14.6 Å². The van der Waals surface area contributed by atoms with Gasteiger partial charge < -0.3 is 28.3 Å². The third kappa shape index (κ3) is 5.60. The predicted octanol–water partition coefficient (Wildman–Crippen LogP) is 10.6. The molecule has 8 fully saturated rings. The number of fused-ring (bicyclic) bond motifs is 4. The van der Waals surface area contributed by atoms with E-state index in [1.165, 1.54) is 57.8 Å². The van der Waals surface area contributed by atoms with E-state index in [0.29, 0.717) is 34.5 Å². The first-order valence-electron chi connectivity index (χ1n) is 22.7. The molecule has 0 N–H and O–H groups in total. The number of ether oxygens (including phenoxy) is 4. The van der Waals surface area contributed by atoms with Crippen molar-refractivity contribution in [1.29, 1.82) is 0 Å². The fourth-order valence-corrected chi connectivity index (χ4v) is 18.4. The van der Waals surface area contributed by atoms with Crippen molar-refractivity contribution in [1.82, 2.24) is 4.90 Å². The van der Waals surface area contributed by atoms with Crippen LogP contribution in [0.25, 0.3) is 0 Å². The summed E-state index contributed by atoms with van der Waals surface area (Å²) in [5.41, 5.74) is 1.14. The molecule has 14 atom stereocenters. The first kappa shape index (κ1) is 39.2. The number of hydrogen-bond donors (Lipinski definition) is 0. The maximum atomic E-state index is 13.3. The lowest BCUT2D eigenvalue weighted by Gasteiger charge is -2.64. The maximum Gasteiger partial charge on any atom is 0.410 e. The largest absolute Gasteiger partial charge is 0.443 e. The molecule has 0 aromatic carbocycles. The molecule has 3 heterocycles. The van der Waals surface area contributed by atoms with E-state index in [0.717, 1.165) is 57.1 Å². The number of hydrogen-bond acceptors (Lipinski definition) is 6. The van der Waals surface area contributed by atoms with Crippen LogP contribution < -0.4 is 0 Å². The van der Waals surface area contributed by atoms with Crippen LogP contribution in [0.4, 0.5) is 4.79 Å². The number of amides is 1. The lowest BCUT2D eigenvalue weighted by Crippen LogP contribution is -2.61. The molecule has 0 aromatic heterocycles. The molecule has 1 amide bonds. The molecule has 0 bridgehead atoms. The van der Waals surface area contributed by atoms with Crippen LogP contribution in [0.2, 0.25) is 18.1 Å². The summed E-state index contributed by atoms with van der Waals surface area (Å²) in [5.74, 6) is 2.47. The average molecular weight is 756 g/mol. The van der Waals surface area contributed by atoms with Crippen LogP contribution in [0.15, 0.2) is 0 Å². The predicted molar refractivity (Wildman–Crippen MR) is 212 cm³/mol. The standard InChI is InChI=1S/C45H77NO6Si/c1-11-53(12-2,13-3)52-39-38-36(30(6)27-31(49-38)37(29(4)5)51-40(47)46-24-16-25-46)42(9)22-23-45-28-44(45)21-20-34(50-35-17-14-15-26-48-35)41(7,8)32(44)18-19-33(45)43(39,42)10/h29-39H,11-28H2,1-10H3/t30-,31-,32+,33+,34?,35+,36+,37?,38+,39+,42-,43-,44?,45+/m1/s1. The summed E-state index contributed by atoms with van der Waals surface area (Å²) >= 11 is 0. The summed E-state index contributed by atoms with van der Waals surface area (Å²) in [7, 11) is -2.00. The van der Waals surface area contributed by atoms with Crippen molar-refractivity contribution in [2.45, 2.75) is 201 Å². The molecule has 3 aliphatic heterocycles. The second-order valence-electron chi connectivity index (χ2n) is 21.2. The van der Waals surface area contributed by atoms with E-state index in [4.69, 9.17) is 23.4 Å². The lowest BCUT2D eigenvalue weighted by molar-refractivity contribution is -0.242. The Labute approximate surface area is 324 Å². The monoisotopic (exact) mass is 756 g/mol. The highest BCUT2D eigenvalue weighted by Gasteiger charge is 2.85. The van der Waals surface area contributed by atoms with Gasteiger partial charge in [0.05, 0.1) is 24.4 Å². The van der Waals surface area contributed by atoms with Gasteiger partial charge in [0, 0.05) is 25.1 Å². The van der Waals surface area contributed by atoms with Gasteiger partial charge in [0.2, 0.25) is 0 Å². The van der Waals surface area contributed by atoms with Crippen molar-refractivity contribution in [3.8, 4) is 0 Å². The van der Waals surface area contributed by atoms with Gasteiger partial charge in [-0.2, -0.15) is 0 Å². The highest BCUT2D eigenvalue weighted by atomic mass is 28.4. The zero-order valence-electron chi connectivity index (χ0n) is 35.5. The Balaban J connectivity index is 1.13. The summed E-state index contributed by atoms with van der Waals surface area (Å²) in [5, 5.41) is 0.